The van der Waals surface area contributed by atoms with Gasteiger partial charge in [-0.2, -0.15) is 9.78 Å². The predicted molar refractivity (Wildman–Crippen MR) is 68.2 cm³/mol. The molecule has 0 aliphatic rings. The lowest BCUT2D eigenvalue weighted by Gasteiger charge is -2.04. The Hall–Kier alpha value is -2.08. The maximum absolute atomic E-state index is 11.7. The standard InChI is InChI=1S/C11H11ClN4O2/c1-15-7-13-16(11(15)18)9-4-2-8(3-5-9)14-10(17)6-12/h2-5,7H,6H2,1H3,(H,14,17). The summed E-state index contributed by atoms with van der Waals surface area (Å²) in [4.78, 5) is 22.7. The van der Waals surface area contributed by atoms with Gasteiger partial charge in [-0.15, -0.1) is 11.6 Å². The van der Waals surface area contributed by atoms with Crippen LogP contribution in [0.15, 0.2) is 35.4 Å². The van der Waals surface area contributed by atoms with E-state index >= 15 is 0 Å². The average Bonchev–Trinajstić information content (AvgIpc) is 2.71. The van der Waals surface area contributed by atoms with Crippen LogP contribution < -0.4 is 11.0 Å². The van der Waals surface area contributed by atoms with Crippen LogP contribution >= 0.6 is 11.6 Å². The highest BCUT2D eigenvalue weighted by Crippen LogP contribution is 2.11. The van der Waals surface area contributed by atoms with Gasteiger partial charge in [0, 0.05) is 12.7 Å². The Kier molecular flexibility index (Phi) is 3.47. The number of rotatable bonds is 3. The van der Waals surface area contributed by atoms with Crippen molar-refractivity contribution in [2.75, 3.05) is 11.2 Å². The fraction of sp³-hybridized carbons (Fsp3) is 0.182. The zero-order chi connectivity index (χ0) is 13.1. The second-order valence-corrected chi connectivity index (χ2v) is 3.93. The molecule has 0 aliphatic heterocycles. The zero-order valence-electron chi connectivity index (χ0n) is 9.63. The minimum absolute atomic E-state index is 0.0958. The Morgan fingerprint density at radius 1 is 1.39 bits per heavy atom. The molecule has 6 nitrogen and oxygen atoms in total. The number of halogens is 1. The molecule has 0 radical (unpaired) electrons. The lowest BCUT2D eigenvalue weighted by atomic mass is 10.3. The zero-order valence-corrected chi connectivity index (χ0v) is 10.4. The van der Waals surface area contributed by atoms with Gasteiger partial charge in [0.2, 0.25) is 5.91 Å². The number of carbonyl (C=O) groups is 1. The van der Waals surface area contributed by atoms with Crippen LogP contribution in [0.3, 0.4) is 0 Å². The van der Waals surface area contributed by atoms with Crippen molar-refractivity contribution in [3.8, 4) is 5.69 Å². The van der Waals surface area contributed by atoms with E-state index in [9.17, 15) is 9.59 Å². The number of benzene rings is 1. The molecule has 0 atom stereocenters. The first-order valence-electron chi connectivity index (χ1n) is 5.18. The molecule has 0 saturated heterocycles. The van der Waals surface area contributed by atoms with Gasteiger partial charge in [0.15, 0.2) is 0 Å². The van der Waals surface area contributed by atoms with Crippen molar-refractivity contribution in [2.45, 2.75) is 0 Å². The Morgan fingerprint density at radius 2 is 2.06 bits per heavy atom. The maximum atomic E-state index is 11.7. The summed E-state index contributed by atoms with van der Waals surface area (Å²) in [5.74, 6) is -0.374. The van der Waals surface area contributed by atoms with E-state index in [1.165, 1.54) is 15.6 Å². The van der Waals surface area contributed by atoms with Crippen molar-refractivity contribution in [3.05, 3.63) is 41.1 Å². The quantitative estimate of drug-likeness (QED) is 0.834. The van der Waals surface area contributed by atoms with Crippen LogP contribution in [0.4, 0.5) is 5.69 Å². The minimum Gasteiger partial charge on any atom is -0.325 e. The molecule has 1 N–H and O–H groups in total. The Labute approximate surface area is 108 Å². The highest BCUT2D eigenvalue weighted by atomic mass is 35.5. The molecule has 94 valence electrons. The van der Waals surface area contributed by atoms with Crippen LogP contribution in [-0.4, -0.2) is 26.1 Å². The topological polar surface area (TPSA) is 68.9 Å². The van der Waals surface area contributed by atoms with Crippen molar-refractivity contribution in [1.82, 2.24) is 14.3 Å². The SMILES string of the molecule is Cn1cnn(-c2ccc(NC(=O)CCl)cc2)c1=O. The van der Waals surface area contributed by atoms with E-state index < -0.39 is 0 Å². The van der Waals surface area contributed by atoms with Gasteiger partial charge >= 0.3 is 5.69 Å². The van der Waals surface area contributed by atoms with Crippen molar-refractivity contribution >= 4 is 23.2 Å². The van der Waals surface area contributed by atoms with Gasteiger partial charge in [0.05, 0.1) is 5.69 Å². The molecule has 1 heterocycles. The third-order valence-electron chi connectivity index (χ3n) is 2.34. The highest BCUT2D eigenvalue weighted by Gasteiger charge is 2.05. The number of aromatic nitrogens is 3. The fourth-order valence-corrected chi connectivity index (χ4v) is 1.50. The van der Waals surface area contributed by atoms with Gasteiger partial charge in [-0.1, -0.05) is 0 Å². The summed E-state index contributed by atoms with van der Waals surface area (Å²) in [5, 5.41) is 6.56. The van der Waals surface area contributed by atoms with Gasteiger partial charge < -0.3 is 5.32 Å². The number of hydrogen-bond donors (Lipinski definition) is 1. The molecule has 7 heteroatoms. The molecule has 1 aromatic heterocycles. The first-order chi connectivity index (χ1) is 8.61. The minimum atomic E-state index is -0.278. The third-order valence-corrected chi connectivity index (χ3v) is 2.58. The number of nitrogens with one attached hydrogen (secondary N) is 1. The second kappa shape index (κ2) is 5.05. The summed E-state index contributed by atoms with van der Waals surface area (Å²) in [7, 11) is 1.63. The summed E-state index contributed by atoms with van der Waals surface area (Å²) in [6.45, 7) is 0. The number of amides is 1. The van der Waals surface area contributed by atoms with Crippen LogP contribution in [0.5, 0.6) is 0 Å². The molecule has 1 aromatic carbocycles. The number of anilines is 1. The fourth-order valence-electron chi connectivity index (χ4n) is 1.43. The number of nitrogens with zero attached hydrogens (tertiary/aromatic N) is 3. The first kappa shape index (κ1) is 12.4. The lowest BCUT2D eigenvalue weighted by Crippen LogP contribution is -2.21. The summed E-state index contributed by atoms with van der Waals surface area (Å²) in [5.41, 5.74) is 1.02. The van der Waals surface area contributed by atoms with Gasteiger partial charge in [-0.25, -0.2) is 4.79 Å². The molecule has 18 heavy (non-hydrogen) atoms. The number of alkyl halides is 1. The predicted octanol–water partition coefficient (Wildman–Crippen LogP) is 0.748. The van der Waals surface area contributed by atoms with Crippen molar-refractivity contribution in [3.63, 3.8) is 0 Å². The van der Waals surface area contributed by atoms with Gasteiger partial charge in [-0.05, 0) is 24.3 Å². The molecule has 0 unspecified atom stereocenters. The molecule has 1 amide bonds. The molecule has 0 bridgehead atoms. The maximum Gasteiger partial charge on any atom is 0.350 e. The van der Waals surface area contributed by atoms with E-state index in [2.05, 4.69) is 10.4 Å². The van der Waals surface area contributed by atoms with Gasteiger partial charge in [-0.3, -0.25) is 9.36 Å². The van der Waals surface area contributed by atoms with Crippen LogP contribution in [0.2, 0.25) is 0 Å². The van der Waals surface area contributed by atoms with E-state index in [1.807, 2.05) is 0 Å². The summed E-state index contributed by atoms with van der Waals surface area (Å²) < 4.78 is 2.65. The monoisotopic (exact) mass is 266 g/mol. The lowest BCUT2D eigenvalue weighted by molar-refractivity contribution is -0.113. The molecule has 0 spiro atoms. The Morgan fingerprint density at radius 3 is 2.56 bits per heavy atom. The molecule has 2 rings (SSSR count). The van der Waals surface area contributed by atoms with Crippen molar-refractivity contribution in [1.29, 1.82) is 0 Å². The molecule has 2 aromatic rings. The number of carbonyl (C=O) groups excluding carboxylic acids is 1. The van der Waals surface area contributed by atoms with E-state index in [1.54, 1.807) is 31.3 Å². The van der Waals surface area contributed by atoms with Crippen LogP contribution in [0.25, 0.3) is 5.69 Å². The summed E-state index contributed by atoms with van der Waals surface area (Å²) in [6, 6.07) is 6.75. The number of hydrogen-bond acceptors (Lipinski definition) is 3. The van der Waals surface area contributed by atoms with Crippen molar-refractivity contribution < 1.29 is 4.79 Å². The third kappa shape index (κ3) is 2.43. The normalized spacial score (nSPS) is 10.3. The van der Waals surface area contributed by atoms with Crippen LogP contribution in [-0.2, 0) is 11.8 Å². The average molecular weight is 267 g/mol. The molecular weight excluding hydrogens is 256 g/mol. The van der Waals surface area contributed by atoms with Gasteiger partial charge in [0.25, 0.3) is 0 Å². The highest BCUT2D eigenvalue weighted by molar-refractivity contribution is 6.29. The van der Waals surface area contributed by atoms with E-state index in [0.29, 0.717) is 11.4 Å². The number of aryl methyl sites for hydroxylation is 1. The molecular formula is C11H11ClN4O2. The van der Waals surface area contributed by atoms with Crippen LogP contribution in [0, 0.1) is 0 Å². The molecule has 0 saturated carbocycles. The van der Waals surface area contributed by atoms with E-state index in [4.69, 9.17) is 11.6 Å². The summed E-state index contributed by atoms with van der Waals surface area (Å²) >= 11 is 5.38. The first-order valence-corrected chi connectivity index (χ1v) is 5.72. The van der Waals surface area contributed by atoms with Crippen LogP contribution in [0.1, 0.15) is 0 Å². The molecule has 0 aliphatic carbocycles. The van der Waals surface area contributed by atoms with E-state index in [-0.39, 0.29) is 17.5 Å². The smallest absolute Gasteiger partial charge is 0.325 e. The Balaban J connectivity index is 2.25. The Bertz CT molecular complexity index is 615. The summed E-state index contributed by atoms with van der Waals surface area (Å²) in [6.07, 6.45) is 1.44. The largest absolute Gasteiger partial charge is 0.350 e. The van der Waals surface area contributed by atoms with Gasteiger partial charge in [0.1, 0.15) is 12.2 Å². The molecule has 0 fully saturated rings. The van der Waals surface area contributed by atoms with Crippen molar-refractivity contribution in [2.24, 2.45) is 7.05 Å². The second-order valence-electron chi connectivity index (χ2n) is 3.66. The van der Waals surface area contributed by atoms with E-state index in [0.717, 1.165) is 0 Å².